The molecule has 1 aromatic heterocycles. The zero-order chi connectivity index (χ0) is 16.1. The third-order valence-electron chi connectivity index (χ3n) is 4.42. The van der Waals surface area contributed by atoms with E-state index in [4.69, 9.17) is 4.99 Å². The van der Waals surface area contributed by atoms with Crippen molar-refractivity contribution in [1.82, 2.24) is 20.1 Å². The quantitative estimate of drug-likeness (QED) is 0.317. The van der Waals surface area contributed by atoms with Gasteiger partial charge in [0.25, 0.3) is 0 Å². The summed E-state index contributed by atoms with van der Waals surface area (Å²) in [6, 6.07) is 0.662. The minimum absolute atomic E-state index is 0. The topological polar surface area (TPSA) is 43.8 Å². The molecular formula is C17H28IN5S. The number of aliphatic imine (C=N–C) groups is 1. The molecule has 0 saturated carbocycles. The smallest absolute Gasteiger partial charge is 0.193 e. The molecule has 0 amide bonds. The number of nitrogens with one attached hydrogen (secondary N) is 1. The van der Waals surface area contributed by atoms with E-state index < -0.39 is 0 Å². The van der Waals surface area contributed by atoms with Crippen molar-refractivity contribution in [2.24, 2.45) is 4.99 Å². The normalized spacial score (nSPS) is 21.3. The molecule has 1 unspecified atom stereocenters. The fourth-order valence-corrected chi connectivity index (χ4v) is 4.00. The summed E-state index contributed by atoms with van der Waals surface area (Å²) in [6.45, 7) is 10.4. The molecule has 0 spiro atoms. The van der Waals surface area contributed by atoms with Gasteiger partial charge in [0.1, 0.15) is 0 Å². The first-order valence-corrected chi connectivity index (χ1v) is 9.41. The largest absolute Gasteiger partial charge is 0.357 e. The molecule has 0 radical (unpaired) electrons. The molecular weight excluding hydrogens is 433 g/mol. The molecule has 7 heteroatoms. The predicted molar refractivity (Wildman–Crippen MR) is 113 cm³/mol. The number of halogens is 1. The van der Waals surface area contributed by atoms with Gasteiger partial charge < -0.3 is 10.2 Å². The molecule has 134 valence electrons. The third kappa shape index (κ3) is 5.16. The zero-order valence-electron chi connectivity index (χ0n) is 14.6. The van der Waals surface area contributed by atoms with Crippen molar-refractivity contribution < 1.29 is 0 Å². The molecule has 1 N–H and O–H groups in total. The monoisotopic (exact) mass is 461 g/mol. The standard InChI is InChI=1S/C17H27N5S.HI/c1-3-18-17(19-8-6-16-20-12-14(2)23-16)22-11-7-15(13-22)21-9-4-5-10-21;/h4-5,12,15H,3,6-11,13H2,1-2H3,(H,18,19);1H. The van der Waals surface area contributed by atoms with E-state index in [1.54, 1.807) is 11.3 Å². The van der Waals surface area contributed by atoms with Crippen LogP contribution >= 0.6 is 35.3 Å². The van der Waals surface area contributed by atoms with Gasteiger partial charge in [0.05, 0.1) is 5.01 Å². The van der Waals surface area contributed by atoms with Crippen LogP contribution in [0.4, 0.5) is 0 Å². The Morgan fingerprint density at radius 3 is 2.88 bits per heavy atom. The highest BCUT2D eigenvalue weighted by Gasteiger charge is 2.29. The van der Waals surface area contributed by atoms with E-state index in [9.17, 15) is 0 Å². The van der Waals surface area contributed by atoms with E-state index in [1.807, 2.05) is 6.20 Å². The van der Waals surface area contributed by atoms with Crippen LogP contribution < -0.4 is 5.32 Å². The maximum absolute atomic E-state index is 4.83. The summed E-state index contributed by atoms with van der Waals surface area (Å²) in [5, 5.41) is 4.64. The fraction of sp³-hybridized carbons (Fsp3) is 0.647. The number of aromatic nitrogens is 1. The Kier molecular flexibility index (Phi) is 7.96. The molecule has 1 fully saturated rings. The van der Waals surface area contributed by atoms with Gasteiger partial charge in [-0.1, -0.05) is 12.2 Å². The van der Waals surface area contributed by atoms with Crippen LogP contribution in [0.2, 0.25) is 0 Å². The molecule has 1 aromatic rings. The van der Waals surface area contributed by atoms with Gasteiger partial charge in [-0.05, 0) is 20.3 Å². The van der Waals surface area contributed by atoms with Crippen LogP contribution in [0.25, 0.3) is 0 Å². The number of guanidine groups is 1. The molecule has 1 saturated heterocycles. The highest BCUT2D eigenvalue weighted by Crippen LogP contribution is 2.18. The summed E-state index contributed by atoms with van der Waals surface area (Å²) < 4.78 is 0. The summed E-state index contributed by atoms with van der Waals surface area (Å²) in [5.41, 5.74) is 0. The van der Waals surface area contributed by atoms with Crippen molar-refractivity contribution in [3.63, 3.8) is 0 Å². The fourth-order valence-electron chi connectivity index (χ4n) is 3.23. The van der Waals surface area contributed by atoms with Crippen LogP contribution in [0.3, 0.4) is 0 Å². The summed E-state index contributed by atoms with van der Waals surface area (Å²) in [6.07, 6.45) is 8.67. The van der Waals surface area contributed by atoms with Gasteiger partial charge in [-0.15, -0.1) is 35.3 Å². The van der Waals surface area contributed by atoms with Gasteiger partial charge >= 0.3 is 0 Å². The van der Waals surface area contributed by atoms with E-state index in [-0.39, 0.29) is 24.0 Å². The van der Waals surface area contributed by atoms with Gasteiger partial charge in [0, 0.05) is 62.8 Å². The minimum Gasteiger partial charge on any atom is -0.357 e. The van der Waals surface area contributed by atoms with Gasteiger partial charge in [0.2, 0.25) is 0 Å². The Balaban J connectivity index is 0.00000208. The van der Waals surface area contributed by atoms with Crippen LogP contribution in [0.5, 0.6) is 0 Å². The average molecular weight is 461 g/mol. The number of thiazole rings is 1. The van der Waals surface area contributed by atoms with Crippen molar-refractivity contribution >= 4 is 41.3 Å². The Morgan fingerprint density at radius 1 is 1.42 bits per heavy atom. The highest BCUT2D eigenvalue weighted by molar-refractivity contribution is 14.0. The lowest BCUT2D eigenvalue weighted by Gasteiger charge is -2.25. The molecule has 1 atom stereocenters. The van der Waals surface area contributed by atoms with E-state index in [0.29, 0.717) is 6.04 Å². The average Bonchev–Trinajstić information content (AvgIpc) is 3.27. The summed E-state index contributed by atoms with van der Waals surface area (Å²) in [4.78, 5) is 15.5. The first-order chi connectivity index (χ1) is 11.3. The van der Waals surface area contributed by atoms with Gasteiger partial charge in [-0.2, -0.15) is 0 Å². The van der Waals surface area contributed by atoms with Gasteiger partial charge in [-0.25, -0.2) is 4.98 Å². The van der Waals surface area contributed by atoms with E-state index in [1.165, 1.54) is 16.3 Å². The maximum atomic E-state index is 4.83. The second-order valence-corrected chi connectivity index (χ2v) is 7.48. The van der Waals surface area contributed by atoms with Crippen LogP contribution in [-0.4, -0.2) is 66.1 Å². The molecule has 2 aliphatic heterocycles. The Bertz CT molecular complexity index is 563. The van der Waals surface area contributed by atoms with Crippen molar-refractivity contribution in [3.8, 4) is 0 Å². The molecule has 3 rings (SSSR count). The lowest BCUT2D eigenvalue weighted by Crippen LogP contribution is -2.43. The Labute approximate surface area is 166 Å². The summed E-state index contributed by atoms with van der Waals surface area (Å²) in [7, 11) is 0. The van der Waals surface area contributed by atoms with Gasteiger partial charge in [-0.3, -0.25) is 9.89 Å². The number of hydrogen-bond acceptors (Lipinski definition) is 4. The number of likely N-dealkylation sites (tertiary alicyclic amines) is 1. The molecule has 0 aromatic carbocycles. The minimum atomic E-state index is 0. The van der Waals surface area contributed by atoms with Gasteiger partial charge in [0.15, 0.2) is 5.96 Å². The molecule has 3 heterocycles. The molecule has 2 aliphatic rings. The third-order valence-corrected chi connectivity index (χ3v) is 5.39. The van der Waals surface area contributed by atoms with E-state index in [0.717, 1.165) is 51.6 Å². The van der Waals surface area contributed by atoms with Crippen LogP contribution in [0.15, 0.2) is 23.3 Å². The van der Waals surface area contributed by atoms with Crippen LogP contribution in [-0.2, 0) is 6.42 Å². The second-order valence-electron chi connectivity index (χ2n) is 6.16. The molecule has 24 heavy (non-hydrogen) atoms. The van der Waals surface area contributed by atoms with Crippen molar-refractivity contribution in [1.29, 1.82) is 0 Å². The summed E-state index contributed by atoms with van der Waals surface area (Å²) >= 11 is 1.77. The van der Waals surface area contributed by atoms with Crippen LogP contribution in [0, 0.1) is 6.92 Å². The lowest BCUT2D eigenvalue weighted by atomic mass is 10.2. The Hall–Kier alpha value is -0.670. The first-order valence-electron chi connectivity index (χ1n) is 8.60. The molecule has 0 aliphatic carbocycles. The van der Waals surface area contributed by atoms with Crippen molar-refractivity contribution in [3.05, 3.63) is 28.2 Å². The Morgan fingerprint density at radius 2 is 2.21 bits per heavy atom. The summed E-state index contributed by atoms with van der Waals surface area (Å²) in [5.74, 6) is 1.07. The van der Waals surface area contributed by atoms with Crippen molar-refractivity contribution in [2.75, 3.05) is 39.3 Å². The second kappa shape index (κ2) is 9.72. The maximum Gasteiger partial charge on any atom is 0.193 e. The zero-order valence-corrected chi connectivity index (χ0v) is 17.7. The van der Waals surface area contributed by atoms with Crippen LogP contribution in [0.1, 0.15) is 23.2 Å². The highest BCUT2D eigenvalue weighted by atomic mass is 127. The lowest BCUT2D eigenvalue weighted by molar-refractivity contribution is 0.259. The molecule has 5 nitrogen and oxygen atoms in total. The predicted octanol–water partition coefficient (Wildman–Crippen LogP) is 2.52. The molecule has 0 bridgehead atoms. The number of aryl methyl sites for hydroxylation is 1. The first kappa shape index (κ1) is 19.7. The van der Waals surface area contributed by atoms with E-state index in [2.05, 4.69) is 46.1 Å². The number of nitrogens with zero attached hydrogens (tertiary/aromatic N) is 4. The van der Waals surface area contributed by atoms with E-state index >= 15 is 0 Å². The number of hydrogen-bond donors (Lipinski definition) is 1. The SMILES string of the molecule is CCNC(=NCCc1ncc(C)s1)N1CCC(N2CC=CC2)C1.I. The number of rotatable bonds is 5. The van der Waals surface area contributed by atoms with Crippen molar-refractivity contribution in [2.45, 2.75) is 32.7 Å².